The Bertz CT molecular complexity index is 587. The number of carbonyl (C=O) groups is 3. The molecule has 2 amide bonds. The normalized spacial score (nSPS) is 28.2. The Hall–Kier alpha value is -2.25. The third kappa shape index (κ3) is 2.30. The number of amides is 2. The number of carboxylic acids is 1. The largest absolute Gasteiger partial charge is 0.476 e. The summed E-state index contributed by atoms with van der Waals surface area (Å²) >= 11 is 0. The first-order valence-electron chi connectivity index (χ1n) is 6.96. The molecule has 1 aromatic rings. The zero-order valence-electron chi connectivity index (χ0n) is 11.6. The summed E-state index contributed by atoms with van der Waals surface area (Å²) in [6, 6.07) is 0. The van der Waals surface area contributed by atoms with Gasteiger partial charge in [0.15, 0.2) is 5.69 Å². The molecule has 8 heteroatoms. The number of nitrogens with zero attached hydrogens (tertiary/aromatic N) is 4. The average molecular weight is 292 g/mol. The van der Waals surface area contributed by atoms with E-state index in [4.69, 9.17) is 5.11 Å². The molecule has 21 heavy (non-hydrogen) atoms. The summed E-state index contributed by atoms with van der Waals surface area (Å²) in [6.07, 6.45) is 2.84. The molecule has 2 fully saturated rings. The molecule has 2 unspecified atom stereocenters. The van der Waals surface area contributed by atoms with Crippen LogP contribution in [0.2, 0.25) is 0 Å². The van der Waals surface area contributed by atoms with Gasteiger partial charge < -0.3 is 5.11 Å². The molecule has 0 aromatic carbocycles. The minimum atomic E-state index is -1.15. The van der Waals surface area contributed by atoms with Crippen LogP contribution in [0.5, 0.6) is 0 Å². The lowest BCUT2D eigenvalue weighted by Crippen LogP contribution is -2.35. The number of imide groups is 1. The quantitative estimate of drug-likeness (QED) is 0.783. The number of hydrogen-bond acceptors (Lipinski definition) is 5. The highest BCUT2D eigenvalue weighted by molar-refractivity contribution is 6.05. The van der Waals surface area contributed by atoms with E-state index < -0.39 is 5.97 Å². The molecule has 2 heterocycles. The zero-order chi connectivity index (χ0) is 15.1. The molecule has 112 valence electrons. The van der Waals surface area contributed by atoms with Gasteiger partial charge in [-0.15, -0.1) is 5.10 Å². The topological polar surface area (TPSA) is 105 Å². The molecule has 1 aromatic heterocycles. The van der Waals surface area contributed by atoms with Crippen molar-refractivity contribution in [2.75, 3.05) is 6.54 Å². The second-order valence-corrected chi connectivity index (χ2v) is 5.79. The van der Waals surface area contributed by atoms with E-state index in [0.717, 1.165) is 12.8 Å². The number of likely N-dealkylation sites (tertiary alicyclic amines) is 1. The minimum Gasteiger partial charge on any atom is -0.476 e. The van der Waals surface area contributed by atoms with Gasteiger partial charge in [0.2, 0.25) is 11.8 Å². The van der Waals surface area contributed by atoms with Crippen molar-refractivity contribution in [2.45, 2.75) is 26.3 Å². The summed E-state index contributed by atoms with van der Waals surface area (Å²) in [5.74, 6) is -1.28. The average Bonchev–Trinajstić information content (AvgIpc) is 3.08. The van der Waals surface area contributed by atoms with Gasteiger partial charge in [0.25, 0.3) is 0 Å². The van der Waals surface area contributed by atoms with E-state index in [2.05, 4.69) is 17.2 Å². The third-order valence-corrected chi connectivity index (χ3v) is 4.28. The summed E-state index contributed by atoms with van der Waals surface area (Å²) in [4.78, 5) is 36.5. The van der Waals surface area contributed by atoms with Crippen LogP contribution in [-0.4, -0.2) is 49.3 Å². The van der Waals surface area contributed by atoms with Crippen molar-refractivity contribution >= 4 is 17.8 Å². The number of hydrogen-bond donors (Lipinski definition) is 1. The maximum atomic E-state index is 12.2. The van der Waals surface area contributed by atoms with E-state index in [1.807, 2.05) is 0 Å². The summed E-state index contributed by atoms with van der Waals surface area (Å²) in [6.45, 7) is 2.53. The number of carbonyl (C=O) groups excluding carboxylic acids is 2. The molecule has 0 radical (unpaired) electrons. The fraction of sp³-hybridized carbons (Fsp3) is 0.615. The highest BCUT2D eigenvalue weighted by Crippen LogP contribution is 2.42. The van der Waals surface area contributed by atoms with Crippen LogP contribution in [0.3, 0.4) is 0 Å². The fourth-order valence-electron chi connectivity index (χ4n) is 3.28. The molecule has 1 saturated carbocycles. The van der Waals surface area contributed by atoms with Gasteiger partial charge in [0.1, 0.15) is 0 Å². The predicted molar refractivity (Wildman–Crippen MR) is 69.1 cm³/mol. The molecule has 2 aliphatic rings. The molecule has 2 atom stereocenters. The van der Waals surface area contributed by atoms with Crippen molar-refractivity contribution in [1.82, 2.24) is 19.9 Å². The van der Waals surface area contributed by atoms with Crippen LogP contribution in [0.25, 0.3) is 0 Å². The highest BCUT2D eigenvalue weighted by atomic mass is 16.4. The van der Waals surface area contributed by atoms with Crippen LogP contribution in [-0.2, 0) is 16.1 Å². The Morgan fingerprint density at radius 2 is 1.90 bits per heavy atom. The Morgan fingerprint density at radius 1 is 1.29 bits per heavy atom. The second kappa shape index (κ2) is 4.94. The molecular weight excluding hydrogens is 276 g/mol. The molecular formula is C13H16N4O4. The van der Waals surface area contributed by atoms with Crippen LogP contribution in [0.1, 0.15) is 30.3 Å². The number of rotatable bonds is 4. The molecule has 8 nitrogen and oxygen atoms in total. The monoisotopic (exact) mass is 292 g/mol. The minimum absolute atomic E-state index is 0.104. The highest BCUT2D eigenvalue weighted by Gasteiger charge is 2.51. The fourth-order valence-corrected chi connectivity index (χ4v) is 3.28. The molecule has 1 aliphatic heterocycles. The van der Waals surface area contributed by atoms with Crippen LogP contribution < -0.4 is 0 Å². The predicted octanol–water partition coefficient (Wildman–Crippen LogP) is 0.00740. The van der Waals surface area contributed by atoms with Crippen LogP contribution in [0.15, 0.2) is 6.20 Å². The zero-order valence-corrected chi connectivity index (χ0v) is 11.6. The Balaban J connectivity index is 1.64. The third-order valence-electron chi connectivity index (χ3n) is 4.28. The lowest BCUT2D eigenvalue weighted by atomic mass is 10.00. The summed E-state index contributed by atoms with van der Waals surface area (Å²) in [7, 11) is 0. The second-order valence-electron chi connectivity index (χ2n) is 5.79. The number of aromatic nitrogens is 3. The van der Waals surface area contributed by atoms with Crippen molar-refractivity contribution in [3.8, 4) is 0 Å². The Labute approximate surface area is 120 Å². The summed E-state index contributed by atoms with van der Waals surface area (Å²) < 4.78 is 1.33. The van der Waals surface area contributed by atoms with Crippen molar-refractivity contribution < 1.29 is 19.5 Å². The van der Waals surface area contributed by atoms with Gasteiger partial charge >= 0.3 is 5.97 Å². The van der Waals surface area contributed by atoms with E-state index in [9.17, 15) is 14.4 Å². The molecule has 1 saturated heterocycles. The molecule has 1 N–H and O–H groups in total. The number of fused-ring (bicyclic) bond motifs is 1. The van der Waals surface area contributed by atoms with Crippen molar-refractivity contribution in [3.05, 3.63) is 11.9 Å². The van der Waals surface area contributed by atoms with Crippen molar-refractivity contribution in [3.63, 3.8) is 0 Å². The van der Waals surface area contributed by atoms with Gasteiger partial charge in [-0.1, -0.05) is 12.1 Å². The van der Waals surface area contributed by atoms with E-state index in [1.54, 1.807) is 0 Å². The van der Waals surface area contributed by atoms with Crippen LogP contribution >= 0.6 is 0 Å². The first-order chi connectivity index (χ1) is 9.97. The smallest absolute Gasteiger partial charge is 0.358 e. The van der Waals surface area contributed by atoms with Gasteiger partial charge in [-0.25, -0.2) is 9.48 Å². The van der Waals surface area contributed by atoms with Gasteiger partial charge in [0, 0.05) is 6.54 Å². The van der Waals surface area contributed by atoms with E-state index >= 15 is 0 Å². The Morgan fingerprint density at radius 3 is 2.43 bits per heavy atom. The van der Waals surface area contributed by atoms with Gasteiger partial charge in [-0.05, 0) is 18.8 Å². The van der Waals surface area contributed by atoms with Crippen LogP contribution in [0, 0.1) is 17.8 Å². The number of aromatic carboxylic acids is 1. The molecule has 3 rings (SSSR count). The molecule has 0 spiro atoms. The van der Waals surface area contributed by atoms with Gasteiger partial charge in [0.05, 0.1) is 24.6 Å². The number of carboxylic acid groups (broad SMARTS) is 1. The molecule has 1 aliphatic carbocycles. The Kier molecular flexibility index (Phi) is 3.23. The summed E-state index contributed by atoms with van der Waals surface area (Å²) in [5.41, 5.74) is -0.153. The standard InChI is InChI=1S/C13H16N4O4/c1-7-4-8-9(5-7)12(19)17(11(8)18)3-2-16-6-10(13(20)21)14-15-16/h6-9H,2-5H2,1H3,(H,20,21). The van der Waals surface area contributed by atoms with Crippen LogP contribution in [0.4, 0.5) is 0 Å². The lowest BCUT2D eigenvalue weighted by Gasteiger charge is -2.16. The maximum absolute atomic E-state index is 12.2. The van der Waals surface area contributed by atoms with Crippen molar-refractivity contribution in [1.29, 1.82) is 0 Å². The van der Waals surface area contributed by atoms with E-state index in [1.165, 1.54) is 15.8 Å². The van der Waals surface area contributed by atoms with Gasteiger partial charge in [-0.3, -0.25) is 14.5 Å². The van der Waals surface area contributed by atoms with E-state index in [-0.39, 0.29) is 42.4 Å². The first-order valence-corrected chi connectivity index (χ1v) is 6.96. The van der Waals surface area contributed by atoms with Gasteiger partial charge in [-0.2, -0.15) is 0 Å². The maximum Gasteiger partial charge on any atom is 0.358 e. The SMILES string of the molecule is CC1CC2C(=O)N(CCn3cc(C(=O)O)nn3)C(=O)C2C1. The first kappa shape index (κ1) is 13.7. The summed E-state index contributed by atoms with van der Waals surface area (Å²) in [5, 5.41) is 15.9. The molecule has 0 bridgehead atoms. The van der Waals surface area contributed by atoms with E-state index in [0.29, 0.717) is 5.92 Å². The van der Waals surface area contributed by atoms with Crippen molar-refractivity contribution in [2.24, 2.45) is 17.8 Å². The lowest BCUT2D eigenvalue weighted by molar-refractivity contribution is -0.140.